The van der Waals surface area contributed by atoms with Gasteiger partial charge < -0.3 is 4.98 Å². The maximum absolute atomic E-state index is 12.0. The number of nitrogens with one attached hydrogen (secondary N) is 2. The topological polar surface area (TPSA) is 79.0 Å². The second-order valence-corrected chi connectivity index (χ2v) is 5.44. The summed E-state index contributed by atoms with van der Waals surface area (Å²) in [5.74, 6) is 0. The van der Waals surface area contributed by atoms with Crippen LogP contribution in [0.5, 0.6) is 0 Å². The van der Waals surface area contributed by atoms with Crippen LogP contribution in [-0.4, -0.2) is 13.4 Å². The Bertz CT molecular complexity index is 720. The molecule has 0 spiro atoms. The Morgan fingerprint density at radius 2 is 1.89 bits per heavy atom. The fourth-order valence-corrected chi connectivity index (χ4v) is 2.68. The van der Waals surface area contributed by atoms with Crippen LogP contribution in [0.15, 0.2) is 52.4 Å². The summed E-state index contributed by atoms with van der Waals surface area (Å²) in [4.78, 5) is 13.8. The number of H-pyrrole nitrogens is 1. The summed E-state index contributed by atoms with van der Waals surface area (Å²) in [6.45, 7) is 1.78. The summed E-state index contributed by atoms with van der Waals surface area (Å²) >= 11 is 0. The van der Waals surface area contributed by atoms with Crippen LogP contribution in [0, 0.1) is 6.92 Å². The van der Waals surface area contributed by atoms with Crippen LogP contribution in [0.25, 0.3) is 0 Å². The lowest BCUT2D eigenvalue weighted by Gasteiger charge is -2.09. The zero-order valence-corrected chi connectivity index (χ0v) is 10.5. The SMILES string of the molecule is Cc1ccccc1NS(=O)(=O)c1c[nH]ccc1=O. The zero-order valence-electron chi connectivity index (χ0n) is 9.67. The molecule has 18 heavy (non-hydrogen) atoms. The number of pyridine rings is 1. The highest BCUT2D eigenvalue weighted by atomic mass is 32.2. The Morgan fingerprint density at radius 3 is 2.56 bits per heavy atom. The van der Waals surface area contributed by atoms with Gasteiger partial charge in [-0.2, -0.15) is 0 Å². The van der Waals surface area contributed by atoms with E-state index in [9.17, 15) is 13.2 Å². The van der Waals surface area contributed by atoms with Gasteiger partial charge in [-0.05, 0) is 18.6 Å². The normalized spacial score (nSPS) is 11.2. The minimum atomic E-state index is -3.86. The van der Waals surface area contributed by atoms with Gasteiger partial charge in [-0.25, -0.2) is 8.42 Å². The molecule has 6 heteroatoms. The number of aromatic amines is 1. The highest BCUT2D eigenvalue weighted by Crippen LogP contribution is 2.17. The monoisotopic (exact) mass is 264 g/mol. The van der Waals surface area contributed by atoms with E-state index in [1.807, 2.05) is 6.07 Å². The lowest BCUT2D eigenvalue weighted by atomic mass is 10.2. The lowest BCUT2D eigenvalue weighted by molar-refractivity contribution is 0.600. The quantitative estimate of drug-likeness (QED) is 0.881. The Morgan fingerprint density at radius 1 is 1.17 bits per heavy atom. The molecular formula is C12H12N2O3S. The van der Waals surface area contributed by atoms with Gasteiger partial charge in [0, 0.05) is 18.5 Å². The van der Waals surface area contributed by atoms with Crippen LogP contribution in [-0.2, 0) is 10.0 Å². The van der Waals surface area contributed by atoms with E-state index < -0.39 is 15.5 Å². The number of rotatable bonds is 3. The van der Waals surface area contributed by atoms with Gasteiger partial charge in [0.1, 0.15) is 0 Å². The number of benzene rings is 1. The number of sulfonamides is 1. The fraction of sp³-hybridized carbons (Fsp3) is 0.0833. The molecule has 2 rings (SSSR count). The molecule has 0 aliphatic rings. The van der Waals surface area contributed by atoms with Crippen LogP contribution in [0.1, 0.15) is 5.56 Å². The minimum Gasteiger partial charge on any atom is -0.366 e. The molecule has 0 bridgehead atoms. The van der Waals surface area contributed by atoms with Crippen molar-refractivity contribution >= 4 is 15.7 Å². The first-order valence-electron chi connectivity index (χ1n) is 5.26. The Balaban J connectivity index is 2.43. The molecule has 1 heterocycles. The fourth-order valence-electron chi connectivity index (χ4n) is 1.50. The molecule has 0 atom stereocenters. The smallest absolute Gasteiger partial charge is 0.267 e. The molecule has 0 fully saturated rings. The van der Waals surface area contributed by atoms with E-state index in [-0.39, 0.29) is 4.90 Å². The first kappa shape index (κ1) is 12.4. The predicted octanol–water partition coefficient (Wildman–Crippen LogP) is 1.48. The average Bonchev–Trinajstić information content (AvgIpc) is 2.32. The molecule has 94 valence electrons. The molecule has 2 N–H and O–H groups in total. The van der Waals surface area contributed by atoms with Gasteiger partial charge in [0.15, 0.2) is 4.90 Å². The van der Waals surface area contributed by atoms with E-state index in [0.29, 0.717) is 5.69 Å². The van der Waals surface area contributed by atoms with Crippen molar-refractivity contribution in [1.29, 1.82) is 0 Å². The standard InChI is InChI=1S/C12H12N2O3S/c1-9-4-2-3-5-10(9)14-18(16,17)12-8-13-7-6-11(12)15/h2-8,14H,1H3,(H,13,15). The molecule has 2 aromatic rings. The second kappa shape index (κ2) is 4.66. The van der Waals surface area contributed by atoms with Crippen molar-refractivity contribution in [1.82, 2.24) is 4.98 Å². The number of hydrogen-bond donors (Lipinski definition) is 2. The van der Waals surface area contributed by atoms with Crippen LogP contribution in [0.2, 0.25) is 0 Å². The van der Waals surface area contributed by atoms with Gasteiger partial charge in [0.25, 0.3) is 10.0 Å². The van der Waals surface area contributed by atoms with Gasteiger partial charge in [-0.3, -0.25) is 9.52 Å². The first-order valence-corrected chi connectivity index (χ1v) is 6.74. The Hall–Kier alpha value is -2.08. The van der Waals surface area contributed by atoms with Crippen LogP contribution in [0.3, 0.4) is 0 Å². The number of aryl methyl sites for hydroxylation is 1. The summed E-state index contributed by atoms with van der Waals surface area (Å²) in [7, 11) is -3.86. The number of hydrogen-bond acceptors (Lipinski definition) is 3. The molecule has 0 radical (unpaired) electrons. The van der Waals surface area contributed by atoms with E-state index in [0.717, 1.165) is 5.56 Å². The lowest BCUT2D eigenvalue weighted by Crippen LogP contribution is -2.21. The third-order valence-electron chi connectivity index (χ3n) is 2.47. The van der Waals surface area contributed by atoms with Crippen molar-refractivity contribution in [2.24, 2.45) is 0 Å². The summed E-state index contributed by atoms with van der Waals surface area (Å²) in [5, 5.41) is 0. The van der Waals surface area contributed by atoms with Gasteiger partial charge in [-0.1, -0.05) is 18.2 Å². The molecule has 0 saturated carbocycles. The molecule has 0 aliphatic heterocycles. The first-order chi connectivity index (χ1) is 8.50. The number of aromatic nitrogens is 1. The zero-order chi connectivity index (χ0) is 13.2. The Labute approximate surface area is 105 Å². The van der Waals surface area contributed by atoms with E-state index in [1.165, 1.54) is 18.5 Å². The summed E-state index contributed by atoms with van der Waals surface area (Å²) in [6, 6.07) is 8.13. The molecule has 0 unspecified atom stereocenters. The highest BCUT2D eigenvalue weighted by molar-refractivity contribution is 7.92. The average molecular weight is 264 g/mol. The van der Waals surface area contributed by atoms with Crippen LogP contribution >= 0.6 is 0 Å². The van der Waals surface area contributed by atoms with E-state index in [2.05, 4.69) is 9.71 Å². The van der Waals surface area contributed by atoms with Crippen molar-refractivity contribution in [3.8, 4) is 0 Å². The largest absolute Gasteiger partial charge is 0.366 e. The third-order valence-corrected chi connectivity index (χ3v) is 3.85. The molecule has 5 nitrogen and oxygen atoms in total. The van der Waals surface area contributed by atoms with Crippen molar-refractivity contribution in [2.75, 3.05) is 4.72 Å². The molecule has 1 aromatic carbocycles. The summed E-state index contributed by atoms with van der Waals surface area (Å²) in [5.41, 5.74) is 0.698. The van der Waals surface area contributed by atoms with E-state index in [1.54, 1.807) is 25.1 Å². The van der Waals surface area contributed by atoms with Gasteiger partial charge >= 0.3 is 0 Å². The Kier molecular flexibility index (Phi) is 3.20. The number of para-hydroxylation sites is 1. The molecular weight excluding hydrogens is 252 g/mol. The van der Waals surface area contributed by atoms with Gasteiger partial charge in [0.2, 0.25) is 5.43 Å². The van der Waals surface area contributed by atoms with E-state index in [4.69, 9.17) is 0 Å². The summed E-state index contributed by atoms with van der Waals surface area (Å²) in [6.07, 6.45) is 2.55. The molecule has 0 saturated heterocycles. The van der Waals surface area contributed by atoms with Crippen molar-refractivity contribution in [2.45, 2.75) is 11.8 Å². The number of anilines is 1. The third kappa shape index (κ3) is 2.43. The van der Waals surface area contributed by atoms with Gasteiger partial charge in [-0.15, -0.1) is 0 Å². The summed E-state index contributed by atoms with van der Waals surface area (Å²) < 4.78 is 26.5. The second-order valence-electron chi connectivity index (χ2n) is 3.79. The van der Waals surface area contributed by atoms with Crippen molar-refractivity contribution < 1.29 is 8.42 Å². The van der Waals surface area contributed by atoms with Crippen LogP contribution in [0.4, 0.5) is 5.69 Å². The molecule has 1 aromatic heterocycles. The highest BCUT2D eigenvalue weighted by Gasteiger charge is 2.18. The minimum absolute atomic E-state index is 0.298. The van der Waals surface area contributed by atoms with Gasteiger partial charge in [0.05, 0.1) is 5.69 Å². The van der Waals surface area contributed by atoms with Crippen molar-refractivity contribution in [3.63, 3.8) is 0 Å². The molecule has 0 aliphatic carbocycles. The maximum Gasteiger partial charge on any atom is 0.267 e. The van der Waals surface area contributed by atoms with Crippen LogP contribution < -0.4 is 10.2 Å². The van der Waals surface area contributed by atoms with E-state index >= 15 is 0 Å². The maximum atomic E-state index is 12.0. The van der Waals surface area contributed by atoms with Crippen molar-refractivity contribution in [3.05, 3.63) is 58.5 Å². The molecule has 0 amide bonds. The predicted molar refractivity (Wildman–Crippen MR) is 69.1 cm³/mol.